The van der Waals surface area contributed by atoms with Crippen LogP contribution in [0.5, 0.6) is 0 Å². The summed E-state index contributed by atoms with van der Waals surface area (Å²) in [6.07, 6.45) is -3.33. The number of alkyl halides is 3. The van der Waals surface area contributed by atoms with Crippen molar-refractivity contribution in [1.82, 2.24) is 4.90 Å². The van der Waals surface area contributed by atoms with Gasteiger partial charge in [0.05, 0.1) is 19.1 Å². The monoisotopic (exact) mass is 309 g/mol. The maximum Gasteiger partial charge on any atom is 0.392 e. The number of carbonyl (C=O) groups is 2. The Morgan fingerprint density at radius 3 is 2.48 bits per heavy atom. The number of nitrogens with zero attached hydrogens (tertiary/aromatic N) is 1. The van der Waals surface area contributed by atoms with Crippen molar-refractivity contribution in [2.75, 3.05) is 19.8 Å². The quantitative estimate of drug-likeness (QED) is 0.842. The van der Waals surface area contributed by atoms with E-state index in [0.717, 1.165) is 4.90 Å². The Labute approximate surface area is 120 Å². The van der Waals surface area contributed by atoms with E-state index < -0.39 is 35.9 Å². The van der Waals surface area contributed by atoms with Crippen molar-refractivity contribution in [3.63, 3.8) is 0 Å². The Hall–Kier alpha value is -1.31. The molecule has 1 heterocycles. The van der Waals surface area contributed by atoms with Crippen LogP contribution < -0.4 is 0 Å². The van der Waals surface area contributed by atoms with E-state index >= 15 is 0 Å². The number of hydrogen-bond donors (Lipinski definition) is 1. The summed E-state index contributed by atoms with van der Waals surface area (Å²) >= 11 is 0. The van der Waals surface area contributed by atoms with Crippen molar-refractivity contribution >= 4 is 11.9 Å². The topological polar surface area (TPSA) is 66.8 Å². The first-order valence-corrected chi connectivity index (χ1v) is 7.00. The molecule has 0 spiro atoms. The molecular weight excluding hydrogens is 291 g/mol. The van der Waals surface area contributed by atoms with Crippen molar-refractivity contribution in [2.24, 2.45) is 11.8 Å². The van der Waals surface area contributed by atoms with Crippen LogP contribution in [0.25, 0.3) is 0 Å². The average Bonchev–Trinajstić information content (AvgIpc) is 2.45. The second-order valence-electron chi connectivity index (χ2n) is 5.50. The maximum absolute atomic E-state index is 13.1. The summed E-state index contributed by atoms with van der Waals surface area (Å²) in [4.78, 5) is 24.6. The molecule has 0 radical (unpaired) electrons. The van der Waals surface area contributed by atoms with Gasteiger partial charge in [0.2, 0.25) is 5.91 Å². The van der Waals surface area contributed by atoms with Crippen LogP contribution in [-0.4, -0.2) is 53.9 Å². The maximum atomic E-state index is 13.1. The lowest BCUT2D eigenvalue weighted by Gasteiger charge is -2.39. The van der Waals surface area contributed by atoms with Crippen LogP contribution in [0.4, 0.5) is 13.2 Å². The number of ether oxygens (including phenoxy) is 1. The van der Waals surface area contributed by atoms with Crippen LogP contribution in [0.2, 0.25) is 0 Å². The molecule has 1 saturated heterocycles. The highest BCUT2D eigenvalue weighted by Crippen LogP contribution is 2.42. The van der Waals surface area contributed by atoms with Crippen molar-refractivity contribution in [2.45, 2.75) is 37.9 Å². The molecule has 2 aliphatic rings. The van der Waals surface area contributed by atoms with E-state index in [1.165, 1.54) is 0 Å². The minimum Gasteiger partial charge on any atom is -0.480 e. The molecule has 0 aromatic rings. The third-order valence-electron chi connectivity index (χ3n) is 4.20. The largest absolute Gasteiger partial charge is 0.480 e. The van der Waals surface area contributed by atoms with Crippen molar-refractivity contribution in [1.29, 1.82) is 0 Å². The molecule has 2 fully saturated rings. The van der Waals surface area contributed by atoms with Crippen LogP contribution in [0.3, 0.4) is 0 Å². The molecule has 0 aromatic heterocycles. The number of hydrogen-bond acceptors (Lipinski definition) is 3. The lowest BCUT2D eigenvalue weighted by Crippen LogP contribution is -2.56. The van der Waals surface area contributed by atoms with Crippen molar-refractivity contribution < 1.29 is 32.6 Å². The van der Waals surface area contributed by atoms with Crippen molar-refractivity contribution in [3.05, 3.63) is 0 Å². The van der Waals surface area contributed by atoms with Crippen molar-refractivity contribution in [3.8, 4) is 0 Å². The summed E-state index contributed by atoms with van der Waals surface area (Å²) in [5.74, 6) is -4.79. The van der Waals surface area contributed by atoms with Gasteiger partial charge in [-0.2, -0.15) is 13.2 Å². The first-order valence-electron chi connectivity index (χ1n) is 7.00. The molecule has 1 N–H and O–H groups in total. The number of carbonyl (C=O) groups excluding carboxylic acids is 1. The zero-order valence-electron chi connectivity index (χ0n) is 11.4. The van der Waals surface area contributed by atoms with E-state index in [0.29, 0.717) is 12.8 Å². The third kappa shape index (κ3) is 3.48. The van der Waals surface area contributed by atoms with E-state index in [1.807, 2.05) is 0 Å². The summed E-state index contributed by atoms with van der Waals surface area (Å²) in [5, 5.41) is 9.09. The fourth-order valence-corrected chi connectivity index (χ4v) is 3.10. The van der Waals surface area contributed by atoms with E-state index in [2.05, 4.69) is 0 Å². The summed E-state index contributed by atoms with van der Waals surface area (Å²) in [6.45, 7) is 0.000277. The molecular formula is C13H18F3NO4. The van der Waals surface area contributed by atoms with Gasteiger partial charge in [0, 0.05) is 12.5 Å². The molecule has 5 nitrogen and oxygen atoms in total. The molecule has 1 saturated carbocycles. The van der Waals surface area contributed by atoms with Crippen LogP contribution >= 0.6 is 0 Å². The molecule has 3 atom stereocenters. The standard InChI is InChI=1S/C13H18F3NO4/c14-13(15,16)9-4-2-1-3-8(9)11(18)17-5-6-21-7-10(17)12(19)20/h8-10H,1-7H2,(H,19,20). The molecule has 1 aliphatic carbocycles. The predicted octanol–water partition coefficient (Wildman–Crippen LogP) is 1.67. The Morgan fingerprint density at radius 2 is 1.86 bits per heavy atom. The Morgan fingerprint density at radius 1 is 1.19 bits per heavy atom. The first-order chi connectivity index (χ1) is 9.82. The smallest absolute Gasteiger partial charge is 0.392 e. The normalized spacial score (nSPS) is 31.0. The molecule has 0 aromatic carbocycles. The zero-order chi connectivity index (χ0) is 15.6. The van der Waals surface area contributed by atoms with E-state index in [4.69, 9.17) is 9.84 Å². The van der Waals surface area contributed by atoms with Gasteiger partial charge in [-0.15, -0.1) is 0 Å². The second kappa shape index (κ2) is 6.21. The van der Waals surface area contributed by atoms with Gasteiger partial charge in [0.1, 0.15) is 0 Å². The van der Waals surface area contributed by atoms with Gasteiger partial charge in [-0.25, -0.2) is 4.79 Å². The lowest BCUT2D eigenvalue weighted by molar-refractivity contribution is -0.203. The second-order valence-corrected chi connectivity index (χ2v) is 5.50. The molecule has 1 amide bonds. The molecule has 120 valence electrons. The molecule has 21 heavy (non-hydrogen) atoms. The average molecular weight is 309 g/mol. The Kier molecular flexibility index (Phi) is 4.75. The Balaban J connectivity index is 2.17. The summed E-state index contributed by atoms with van der Waals surface area (Å²) in [5.41, 5.74) is 0. The van der Waals surface area contributed by atoms with Gasteiger partial charge in [-0.3, -0.25) is 4.79 Å². The van der Waals surface area contributed by atoms with Gasteiger partial charge in [-0.05, 0) is 12.8 Å². The van der Waals surface area contributed by atoms with E-state index in [9.17, 15) is 22.8 Å². The van der Waals surface area contributed by atoms with E-state index in [1.54, 1.807) is 0 Å². The molecule has 0 bridgehead atoms. The van der Waals surface area contributed by atoms with E-state index in [-0.39, 0.29) is 32.6 Å². The third-order valence-corrected chi connectivity index (χ3v) is 4.20. The van der Waals surface area contributed by atoms with Gasteiger partial charge in [0.25, 0.3) is 0 Å². The fraction of sp³-hybridized carbons (Fsp3) is 0.846. The van der Waals surface area contributed by atoms with Crippen LogP contribution in [0.1, 0.15) is 25.7 Å². The number of morpholine rings is 1. The molecule has 1 aliphatic heterocycles. The predicted molar refractivity (Wildman–Crippen MR) is 65.5 cm³/mol. The molecule has 8 heteroatoms. The van der Waals surface area contributed by atoms with Crippen LogP contribution in [-0.2, 0) is 14.3 Å². The number of amides is 1. The number of aliphatic carboxylic acids is 1. The number of halogens is 3. The summed E-state index contributed by atoms with van der Waals surface area (Å²) < 4.78 is 44.2. The minimum atomic E-state index is -4.42. The first kappa shape index (κ1) is 16.1. The zero-order valence-corrected chi connectivity index (χ0v) is 11.4. The highest BCUT2D eigenvalue weighted by atomic mass is 19.4. The van der Waals surface area contributed by atoms with Gasteiger partial charge in [-0.1, -0.05) is 12.8 Å². The Bertz CT molecular complexity index is 413. The number of rotatable bonds is 2. The van der Waals surface area contributed by atoms with Crippen LogP contribution in [0.15, 0.2) is 0 Å². The SMILES string of the molecule is O=C(O)C1COCCN1C(=O)C1CCCCC1C(F)(F)F. The summed E-state index contributed by atoms with van der Waals surface area (Å²) in [6, 6.07) is -1.19. The molecule has 2 rings (SSSR count). The summed E-state index contributed by atoms with van der Waals surface area (Å²) in [7, 11) is 0. The highest BCUT2D eigenvalue weighted by molar-refractivity contribution is 5.85. The fourth-order valence-electron chi connectivity index (χ4n) is 3.10. The number of carboxylic acids is 1. The molecule has 3 unspecified atom stereocenters. The van der Waals surface area contributed by atoms with Crippen LogP contribution in [0, 0.1) is 11.8 Å². The highest BCUT2D eigenvalue weighted by Gasteiger charge is 2.50. The lowest BCUT2D eigenvalue weighted by atomic mass is 9.77. The van der Waals surface area contributed by atoms with Gasteiger partial charge >= 0.3 is 12.1 Å². The van der Waals surface area contributed by atoms with Gasteiger partial charge < -0.3 is 14.7 Å². The minimum absolute atomic E-state index is 0.0247. The van der Waals surface area contributed by atoms with Gasteiger partial charge in [0.15, 0.2) is 6.04 Å². The number of carboxylic acid groups (broad SMARTS) is 1.